The van der Waals surface area contributed by atoms with Gasteiger partial charge in [0.05, 0.1) is 60.2 Å². The third-order valence-electron chi connectivity index (χ3n) is 19.6. The second-order valence-corrected chi connectivity index (χ2v) is 29.1. The second-order valence-electron chi connectivity index (χ2n) is 27.7. The van der Waals surface area contributed by atoms with Gasteiger partial charge in [0.15, 0.2) is 18.3 Å². The molecule has 1 aromatic rings. The lowest BCUT2D eigenvalue weighted by molar-refractivity contribution is -0.318. The number of ether oxygens (including phenoxy) is 7. The van der Waals surface area contributed by atoms with Crippen molar-refractivity contribution < 1.29 is 97.0 Å². The molecule has 6 rings (SSSR count). The zero-order chi connectivity index (χ0) is 70.4. The number of thioether (sulfide) groups is 1. The third kappa shape index (κ3) is 21.2. The van der Waals surface area contributed by atoms with Gasteiger partial charge in [0, 0.05) is 87.5 Å². The van der Waals surface area contributed by atoms with Crippen molar-refractivity contribution in [3.63, 3.8) is 0 Å². The highest BCUT2D eigenvalue weighted by atomic mass is 32.2. The van der Waals surface area contributed by atoms with Crippen molar-refractivity contribution in [2.45, 2.75) is 261 Å². The summed E-state index contributed by atoms with van der Waals surface area (Å²) in [5.41, 5.74) is -4.39. The van der Waals surface area contributed by atoms with E-state index in [-0.39, 0.29) is 112 Å². The third-order valence-corrected chi connectivity index (χ3v) is 21.0. The number of likely N-dealkylation sites (N-methyl/N-ethyl adjacent to an activating group) is 1. The van der Waals surface area contributed by atoms with Crippen LogP contribution in [0.25, 0.3) is 0 Å². The van der Waals surface area contributed by atoms with E-state index in [1.54, 1.807) is 66.7 Å². The van der Waals surface area contributed by atoms with E-state index in [2.05, 4.69) is 20.9 Å². The quantitative estimate of drug-likeness (QED) is 0.0845. The summed E-state index contributed by atoms with van der Waals surface area (Å²) in [4.78, 5) is 90.3. The summed E-state index contributed by atoms with van der Waals surface area (Å²) in [5.74, 6) is -5.95. The van der Waals surface area contributed by atoms with E-state index >= 15 is 0 Å². The summed E-state index contributed by atoms with van der Waals surface area (Å²) in [6.45, 7) is 21.2. The maximum absolute atomic E-state index is 14.6. The minimum atomic E-state index is -2.00. The average Bonchev–Trinajstić information content (AvgIpc) is 1.01. The zero-order valence-corrected chi connectivity index (χ0v) is 59.1. The maximum atomic E-state index is 14.6. The van der Waals surface area contributed by atoms with Gasteiger partial charge >= 0.3 is 11.9 Å². The number of nitrogens with zero attached hydrogens (tertiary/aromatic N) is 3. The highest BCUT2D eigenvalue weighted by molar-refractivity contribution is 8.00. The number of amides is 3. The number of aliphatic hydroxyl groups is 6. The van der Waals surface area contributed by atoms with Gasteiger partial charge in [-0.2, -0.15) is 11.8 Å². The Bertz CT molecular complexity index is 2800. The summed E-state index contributed by atoms with van der Waals surface area (Å²) in [6, 6.07) is -2.18. The van der Waals surface area contributed by atoms with Crippen LogP contribution < -0.4 is 16.0 Å². The van der Waals surface area contributed by atoms with Gasteiger partial charge in [-0.3, -0.25) is 24.0 Å². The lowest BCUT2D eigenvalue weighted by atomic mass is 9.75. The summed E-state index contributed by atoms with van der Waals surface area (Å²) >= 11 is 1.33. The van der Waals surface area contributed by atoms with E-state index < -0.39 is 149 Å². The Hall–Kier alpha value is -4.72. The van der Waals surface area contributed by atoms with Crippen LogP contribution in [0, 0.1) is 23.7 Å². The van der Waals surface area contributed by atoms with Gasteiger partial charge in [-0.1, -0.05) is 64.5 Å². The molecule has 23 atom stereocenters. The number of ketones is 1. The minimum Gasteiger partial charge on any atom is -0.460 e. The Kier molecular flexibility index (Phi) is 29.5. The van der Waals surface area contributed by atoms with Crippen LogP contribution in [0.3, 0.4) is 0 Å². The first-order chi connectivity index (χ1) is 44.6. The maximum Gasteiger partial charge on any atom is 0.330 e. The number of cyclic esters (lactones) is 2. The van der Waals surface area contributed by atoms with Gasteiger partial charge in [0.25, 0.3) is 5.91 Å². The molecule has 4 saturated heterocycles. The Morgan fingerprint density at radius 3 is 2.31 bits per heavy atom. The zero-order valence-electron chi connectivity index (χ0n) is 58.3. The monoisotopic (exact) mass is 1360 g/mol. The summed E-state index contributed by atoms with van der Waals surface area (Å²) < 4.78 is 49.8. The number of rotatable bonds is 16. The topological polar surface area (TPSA) is 357 Å². The highest BCUT2D eigenvalue weighted by Gasteiger charge is 2.53. The molecule has 2 bridgehead atoms. The summed E-state index contributed by atoms with van der Waals surface area (Å²) in [5, 5.41) is 79.7. The van der Waals surface area contributed by atoms with Crippen molar-refractivity contribution >= 4 is 47.2 Å². The van der Waals surface area contributed by atoms with E-state index in [0.717, 1.165) is 6.26 Å². The predicted octanol–water partition coefficient (Wildman–Crippen LogP) is 3.45. The van der Waals surface area contributed by atoms with Gasteiger partial charge < -0.3 is 94.0 Å². The number of carbonyl (C=O) groups is 6. The molecule has 6 heterocycles. The Morgan fingerprint density at radius 1 is 0.916 bits per heavy atom. The fraction of sp³-hybridized carbons (Fsp3) is 0.779. The normalized spacial score (nSPS) is 38.9. The van der Waals surface area contributed by atoms with Gasteiger partial charge in [-0.15, -0.1) is 0 Å². The number of carbonyl (C=O) groups excluding carboxylic acids is 6. The van der Waals surface area contributed by atoms with Crippen LogP contribution in [0.4, 0.5) is 0 Å². The number of hydrogen-bond donors (Lipinski definition) is 9. The van der Waals surface area contributed by atoms with Crippen LogP contribution in [0.1, 0.15) is 157 Å². The van der Waals surface area contributed by atoms with Crippen molar-refractivity contribution in [3.05, 3.63) is 53.8 Å². The molecule has 0 aliphatic carbocycles. The summed E-state index contributed by atoms with van der Waals surface area (Å²) in [6.07, 6.45) is -2.73. The van der Waals surface area contributed by atoms with Crippen LogP contribution in [0.2, 0.25) is 0 Å². The predicted molar refractivity (Wildman–Crippen MR) is 352 cm³/mol. The number of methoxy groups -OCH3 is 1. The Balaban J connectivity index is 1.19. The average molecular weight is 1360 g/mol. The van der Waals surface area contributed by atoms with Gasteiger partial charge in [-0.05, 0) is 113 Å². The first-order valence-electron chi connectivity index (χ1n) is 33.8. The molecule has 27 heteroatoms. The van der Waals surface area contributed by atoms with Crippen molar-refractivity contribution in [1.82, 2.24) is 30.7 Å². The Labute approximate surface area is 564 Å². The molecule has 5 aliphatic heterocycles. The molecule has 0 radical (unpaired) electrons. The molecule has 538 valence electrons. The van der Waals surface area contributed by atoms with Crippen molar-refractivity contribution in [2.75, 3.05) is 53.1 Å². The van der Waals surface area contributed by atoms with Crippen LogP contribution in [0.15, 0.2) is 46.6 Å². The molecule has 5 aliphatic rings. The molecule has 3 amide bonds. The molecular formula is C68H110N6O20S. The molecule has 11 unspecified atom stereocenters. The fourth-order valence-corrected chi connectivity index (χ4v) is 15.1. The molecular weight excluding hydrogens is 1250 g/mol. The number of aliphatic hydroxyl groups excluding tert-OH is 4. The fourth-order valence-electron chi connectivity index (χ4n) is 13.8. The molecule has 0 saturated carbocycles. The molecule has 0 aromatic carbocycles. The van der Waals surface area contributed by atoms with Gasteiger partial charge in [-0.25, -0.2) is 9.78 Å². The largest absolute Gasteiger partial charge is 0.460 e. The van der Waals surface area contributed by atoms with E-state index in [9.17, 15) is 59.4 Å². The van der Waals surface area contributed by atoms with Crippen molar-refractivity contribution in [1.29, 1.82) is 0 Å². The molecule has 0 spiro atoms. The lowest BCUT2D eigenvalue weighted by Gasteiger charge is -2.49. The van der Waals surface area contributed by atoms with Crippen LogP contribution in [-0.4, -0.2) is 248 Å². The minimum absolute atomic E-state index is 0.0101. The molecule has 1 aromatic heterocycles. The smallest absolute Gasteiger partial charge is 0.330 e. The van der Waals surface area contributed by atoms with E-state index in [4.69, 9.17) is 37.6 Å². The number of esters is 2. The van der Waals surface area contributed by atoms with E-state index in [1.807, 2.05) is 46.7 Å². The highest BCUT2D eigenvalue weighted by Crippen LogP contribution is 2.41. The van der Waals surface area contributed by atoms with Crippen LogP contribution in [0.5, 0.6) is 0 Å². The van der Waals surface area contributed by atoms with Gasteiger partial charge in [0.1, 0.15) is 48.1 Å². The van der Waals surface area contributed by atoms with Crippen LogP contribution in [-0.2, 0) is 63.6 Å². The second kappa shape index (κ2) is 35.4. The number of fused-ring (bicyclic) bond motifs is 3. The molecule has 26 nitrogen and oxygen atoms in total. The van der Waals surface area contributed by atoms with Gasteiger partial charge in [0.2, 0.25) is 17.7 Å². The number of aromatic nitrogens is 1. The molecule has 95 heavy (non-hydrogen) atoms. The first-order valence-corrected chi connectivity index (χ1v) is 34.8. The Morgan fingerprint density at radius 2 is 1.63 bits per heavy atom. The number of nitrogens with one attached hydrogen (secondary N) is 3. The first kappa shape index (κ1) is 79.3. The standard InChI is InChI=1S/C68H110N6O20S/c1-16-49-38(4)20-21-53(78)70-24-18-19-37(3)29-44(75)31-45(76)32-55-72-47(36-88-55)62(82)74-27-22-50(57(74)64(84)91-49)95-28-23-54(79)71-26-25-69-46-33-51(77)68(12,86)52(17-2)92-63(83)42(8)59(93-56-35-67(11,87-15)60(81)43(9)90-56)41(7)61(66(10,85)34-39(46)5)94-65-58(80)48(73(13)14)30-40(6)89-65/h18-21,29,36,38-44,46,48-52,56-61,65,69,75,77,80-81,85-86H,16-17,22-28,30-35H2,1-15H3,(H,70,78)(H,71,79)/t38-,39-,40?,41?,42-,43?,44-,46-,48?,49-,50?,51-,52-,56?,57?,58?,59+,60?,61-,65?,66-,67?,68+/m1/s1. The number of allylic oxidation sites excluding steroid dienone is 2. The van der Waals surface area contributed by atoms with Crippen molar-refractivity contribution in [2.24, 2.45) is 23.7 Å². The SMILES string of the molecule is CC[C@H]1OC(=O)C2C(SCCC(=O)NCCN[C@@H]3C[C@@H](O)[C@](C)(O)[C@@H](CC)OC(=O)[C@H](C)[C@@H](OC4CC(C)(OC)C(O)C(C)O4)C(C)[C@@H](OC4OC(C)CC(N(C)C)C4O)[C@](C)(O)C[C@H]3C)CCN2C(=O)c2coc(n2)CC(=O)C[C@H](O)C=C(C)C=CCNC(=O)C=C[C@H]1C. The molecule has 4 fully saturated rings. The van der Waals surface area contributed by atoms with E-state index in [0.29, 0.717) is 24.8 Å². The lowest BCUT2D eigenvalue weighted by Crippen LogP contribution is -2.61. The van der Waals surface area contributed by atoms with E-state index in [1.165, 1.54) is 42.8 Å². The van der Waals surface area contributed by atoms with Crippen LogP contribution >= 0.6 is 11.8 Å². The number of hydrogen-bond acceptors (Lipinski definition) is 24. The molecule has 9 N–H and O–H groups in total. The summed E-state index contributed by atoms with van der Waals surface area (Å²) in [7, 11) is 5.16. The van der Waals surface area contributed by atoms with Crippen molar-refractivity contribution in [3.8, 4) is 0 Å². The number of Topliss-reactive ketones (excluding diaryl/α,β-unsaturated/α-hetero) is 1. The number of oxazole rings is 1.